The van der Waals surface area contributed by atoms with Crippen LogP contribution in [-0.4, -0.2) is 124 Å². The Kier molecular flexibility index (Phi) is 3.75. The molecule has 5 aliphatic rings. The van der Waals surface area contributed by atoms with E-state index < -0.39 is 16.9 Å². The van der Waals surface area contributed by atoms with Crippen LogP contribution >= 0.6 is 0 Å². The Morgan fingerprint density at radius 3 is 1.71 bits per heavy atom. The van der Waals surface area contributed by atoms with Crippen LogP contribution in [0.5, 0.6) is 0 Å². The van der Waals surface area contributed by atoms with Gasteiger partial charge in [-0.25, -0.2) is 5.53 Å². The van der Waals surface area contributed by atoms with Gasteiger partial charge >= 0.3 is 0 Å². The van der Waals surface area contributed by atoms with Crippen molar-refractivity contribution in [3.8, 4) is 22.8 Å². The van der Waals surface area contributed by atoms with Crippen molar-refractivity contribution in [3.05, 3.63) is 34.0 Å². The minimum Gasteiger partial charge on any atom is -0.272 e. The van der Waals surface area contributed by atoms with Gasteiger partial charge in [0.1, 0.15) is 67.8 Å². The second-order valence-corrected chi connectivity index (χ2v) is 9.56. The van der Waals surface area contributed by atoms with Gasteiger partial charge in [-0.3, -0.25) is 5.01 Å². The molecule has 1 saturated carbocycles. The first-order chi connectivity index (χ1) is 20.1. The van der Waals surface area contributed by atoms with Crippen LogP contribution in [0.25, 0.3) is 22.8 Å². The van der Waals surface area contributed by atoms with Gasteiger partial charge in [0.2, 0.25) is 0 Å². The highest BCUT2D eigenvalue weighted by molar-refractivity contribution is 6.54. The molecule has 3 aliphatic carbocycles. The highest BCUT2D eigenvalue weighted by Crippen LogP contribution is 2.67. The average Bonchev–Trinajstić information content (AvgIpc) is 3.02. The van der Waals surface area contributed by atoms with Gasteiger partial charge in [-0.05, 0) is 48.6 Å². The number of hydrazone groups is 2. The lowest BCUT2D eigenvalue weighted by atomic mass is 9.42. The topological polar surface area (TPSA) is 274 Å². The van der Waals surface area contributed by atoms with Gasteiger partial charge < -0.3 is 0 Å². The Morgan fingerprint density at radius 2 is 1.15 bits per heavy atom. The first kappa shape index (κ1) is 21.7. The molecule has 9 rings (SSSR count). The van der Waals surface area contributed by atoms with Gasteiger partial charge in [0.05, 0.1) is 11.7 Å². The summed E-state index contributed by atoms with van der Waals surface area (Å²) in [6, 6.07) is -0.773. The van der Waals surface area contributed by atoms with Crippen molar-refractivity contribution < 1.29 is 0 Å². The Hall–Kier alpha value is -6.16. The Labute approximate surface area is 225 Å². The van der Waals surface area contributed by atoms with Crippen LogP contribution in [0.3, 0.4) is 0 Å². The Bertz CT molecular complexity index is 1870. The second kappa shape index (κ2) is 7.07. The molecule has 198 valence electrons. The summed E-state index contributed by atoms with van der Waals surface area (Å²) in [5, 5.41) is 88.1. The third-order valence-corrected chi connectivity index (χ3v) is 7.89. The lowest BCUT2D eigenvalue weighted by molar-refractivity contribution is 0.133. The molecule has 0 spiro atoms. The van der Waals surface area contributed by atoms with E-state index in [-0.39, 0.29) is 45.6 Å². The maximum atomic E-state index is 4.83. The fourth-order valence-electron chi connectivity index (χ4n) is 6.66. The van der Waals surface area contributed by atoms with E-state index >= 15 is 0 Å². The minimum absolute atomic E-state index is 0.209. The predicted octanol–water partition coefficient (Wildman–Crippen LogP) is -3.63. The van der Waals surface area contributed by atoms with Gasteiger partial charge in [-0.2, -0.15) is 15.3 Å². The molecule has 1 atom stereocenters. The molecular weight excluding hydrogens is 538 g/mol. The molecule has 4 aromatic heterocycles. The number of likely N-dealkylation sites (N-methyl/N-ethyl adjacent to an activating group) is 1. The van der Waals surface area contributed by atoms with E-state index in [0.29, 0.717) is 22.7 Å². The number of nitrogens with zero attached hydrogens (tertiary/aromatic N) is 22. The average molecular weight is 549 g/mol. The minimum atomic E-state index is -1.61. The van der Waals surface area contributed by atoms with E-state index in [9.17, 15) is 0 Å². The maximum absolute atomic E-state index is 4.83. The van der Waals surface area contributed by atoms with Crippen molar-refractivity contribution >= 4 is 11.4 Å². The zero-order valence-corrected chi connectivity index (χ0v) is 20.9. The van der Waals surface area contributed by atoms with Gasteiger partial charge in [0.15, 0.2) is 0 Å². The molecule has 0 amide bonds. The van der Waals surface area contributed by atoms with Gasteiger partial charge in [0.25, 0.3) is 0 Å². The van der Waals surface area contributed by atoms with E-state index in [4.69, 9.17) is 10.2 Å². The van der Waals surface area contributed by atoms with Crippen molar-refractivity contribution in [1.82, 2.24) is 98.2 Å². The van der Waals surface area contributed by atoms with Crippen LogP contribution in [0.2, 0.25) is 0 Å². The molecule has 1 fully saturated rings. The first-order valence-electron chi connectivity index (χ1n) is 11.9. The molecular formula is C18H11N23. The smallest absolute Gasteiger partial charge is 0.142 e. The standard InChI is InChI=1S/C18H11N23/c1-4-5-6-11(28-39-41(3)29-6)17-12-7(20-30-34-24-12)9-14(26-36-32-22-9)18(17,16(5)40(2)38-19-4)15-10(23-33-37-27-15)8-13(17)25-35-31-21-8/h16,39H,1-3H3. The third kappa shape index (κ3) is 2.20. The number of aromatic nitrogens is 16. The Balaban J connectivity index is 1.62. The van der Waals surface area contributed by atoms with Crippen LogP contribution in [-0.2, 0) is 10.8 Å². The molecule has 23 nitrogen and oxygen atoms in total. The molecule has 41 heavy (non-hydrogen) atoms. The van der Waals surface area contributed by atoms with Crippen LogP contribution in [0.1, 0.15) is 29.7 Å². The largest absolute Gasteiger partial charge is 0.272 e. The summed E-state index contributed by atoms with van der Waals surface area (Å²) in [4.78, 5) is 0. The number of allylic oxidation sites excluding steroid dienone is 1. The first-order valence-corrected chi connectivity index (χ1v) is 11.9. The number of hydrogen-bond donors (Lipinski definition) is 1. The number of rotatable bonds is 0. The van der Waals surface area contributed by atoms with E-state index in [0.717, 1.165) is 0 Å². The molecule has 2 aliphatic heterocycles. The SMILES string of the molecule is CC1=C2C3=NN(C)NN=C3C34c5nnnnc5-c5nnnnc5C3(c3nnnnc3-c3nnnnc34)C2N(C)N=N1. The van der Waals surface area contributed by atoms with E-state index in [1.165, 1.54) is 5.12 Å². The second-order valence-electron chi connectivity index (χ2n) is 9.56. The fraction of sp³-hybridized carbons (Fsp3) is 0.333. The van der Waals surface area contributed by atoms with Crippen LogP contribution < -0.4 is 5.53 Å². The van der Waals surface area contributed by atoms with Gasteiger partial charge in [-0.1, -0.05) is 5.22 Å². The van der Waals surface area contributed by atoms with Crippen molar-refractivity contribution in [2.75, 3.05) is 14.1 Å². The summed E-state index contributed by atoms with van der Waals surface area (Å²) in [7, 11) is 3.47. The predicted molar refractivity (Wildman–Crippen MR) is 125 cm³/mol. The molecule has 4 aromatic rings. The highest BCUT2D eigenvalue weighted by atomic mass is 15.8. The quantitative estimate of drug-likeness (QED) is 0.221. The molecule has 0 saturated heterocycles. The van der Waals surface area contributed by atoms with Crippen LogP contribution in [0.15, 0.2) is 31.8 Å². The van der Waals surface area contributed by atoms with Crippen LogP contribution in [0, 0.1) is 0 Å². The summed E-state index contributed by atoms with van der Waals surface area (Å²) in [6.07, 6.45) is 0. The van der Waals surface area contributed by atoms with Gasteiger partial charge in [0, 0.05) is 19.7 Å². The molecule has 1 N–H and O–H groups in total. The van der Waals surface area contributed by atoms with E-state index in [1.54, 1.807) is 19.1 Å². The number of fused-ring (bicyclic) bond motifs is 9. The van der Waals surface area contributed by atoms with Crippen molar-refractivity contribution in [2.45, 2.75) is 23.8 Å². The summed E-state index contributed by atoms with van der Waals surface area (Å²) in [6.45, 7) is 1.82. The van der Waals surface area contributed by atoms with E-state index in [1.807, 2.05) is 6.92 Å². The molecule has 23 heteroatoms. The fourth-order valence-corrected chi connectivity index (χ4v) is 6.66. The monoisotopic (exact) mass is 549 g/mol. The van der Waals surface area contributed by atoms with Crippen molar-refractivity contribution in [2.24, 2.45) is 20.5 Å². The Morgan fingerprint density at radius 1 is 0.659 bits per heavy atom. The lowest BCUT2D eigenvalue weighted by Crippen LogP contribution is -2.75. The lowest BCUT2D eigenvalue weighted by Gasteiger charge is -2.60. The molecule has 0 aromatic carbocycles. The number of nitrogens with one attached hydrogen (secondary N) is 1. The zero-order valence-electron chi connectivity index (χ0n) is 20.9. The highest BCUT2D eigenvalue weighted by Gasteiger charge is 2.79. The van der Waals surface area contributed by atoms with Gasteiger partial charge in [-0.15, -0.1) is 45.9 Å². The summed E-state index contributed by atoms with van der Waals surface area (Å²) in [5.74, 6) is 0. The number of hydrazine groups is 1. The molecule has 0 bridgehead atoms. The third-order valence-electron chi connectivity index (χ3n) is 7.89. The van der Waals surface area contributed by atoms with E-state index in [2.05, 4.69) is 98.4 Å². The van der Waals surface area contributed by atoms with Crippen molar-refractivity contribution in [1.29, 1.82) is 0 Å². The molecule has 1 unspecified atom stereocenters. The maximum Gasteiger partial charge on any atom is 0.142 e. The summed E-state index contributed by atoms with van der Waals surface area (Å²) < 4.78 is 0. The summed E-state index contributed by atoms with van der Waals surface area (Å²) in [5.41, 5.74) is 3.70. The normalized spacial score (nSPS) is 26.1. The zero-order chi connectivity index (χ0) is 27.5. The van der Waals surface area contributed by atoms with Crippen molar-refractivity contribution in [3.63, 3.8) is 0 Å². The molecule has 0 radical (unpaired) electrons. The summed E-state index contributed by atoms with van der Waals surface area (Å²) >= 11 is 0. The molecule has 6 heterocycles. The van der Waals surface area contributed by atoms with Crippen LogP contribution in [0.4, 0.5) is 0 Å². The number of hydrogen-bond acceptors (Lipinski definition) is 23.